The Balaban J connectivity index is 3.02. The summed E-state index contributed by atoms with van der Waals surface area (Å²) in [5.41, 5.74) is 3.67. The zero-order chi connectivity index (χ0) is 12.5. The van der Waals surface area contributed by atoms with Crippen molar-refractivity contribution in [3.63, 3.8) is 0 Å². The average Bonchev–Trinajstić information content (AvgIpc) is 2.10. The summed E-state index contributed by atoms with van der Waals surface area (Å²) in [6, 6.07) is 3.77. The maximum atomic E-state index is 11.9. The molecular formula is C14H20O2. The van der Waals surface area contributed by atoms with Gasteiger partial charge in [0.05, 0.1) is 5.56 Å². The first-order chi connectivity index (χ1) is 7.20. The molecule has 16 heavy (non-hydrogen) atoms. The Hall–Kier alpha value is -1.31. The molecule has 0 spiro atoms. The van der Waals surface area contributed by atoms with Gasteiger partial charge in [-0.1, -0.05) is 0 Å². The van der Waals surface area contributed by atoms with Crippen LogP contribution in [0, 0.1) is 20.8 Å². The molecule has 0 heterocycles. The van der Waals surface area contributed by atoms with Crippen LogP contribution < -0.4 is 0 Å². The summed E-state index contributed by atoms with van der Waals surface area (Å²) in [6.45, 7) is 11.7. The van der Waals surface area contributed by atoms with Crippen LogP contribution in [0.2, 0.25) is 0 Å². The number of carbonyl (C=O) groups excluding carboxylic acids is 1. The maximum Gasteiger partial charge on any atom is 0.338 e. The highest BCUT2D eigenvalue weighted by Crippen LogP contribution is 2.18. The molecule has 0 aliphatic carbocycles. The molecule has 0 unspecified atom stereocenters. The minimum Gasteiger partial charge on any atom is -0.456 e. The summed E-state index contributed by atoms with van der Waals surface area (Å²) in [7, 11) is 0. The Bertz CT molecular complexity index is 388. The van der Waals surface area contributed by atoms with Crippen LogP contribution in [0.5, 0.6) is 0 Å². The fraction of sp³-hybridized carbons (Fsp3) is 0.500. The molecule has 0 saturated heterocycles. The van der Waals surface area contributed by atoms with Crippen molar-refractivity contribution in [1.29, 1.82) is 0 Å². The molecule has 1 aromatic carbocycles. The molecule has 2 heteroatoms. The molecule has 0 saturated carbocycles. The summed E-state index contributed by atoms with van der Waals surface area (Å²) < 4.78 is 5.33. The first-order valence-corrected chi connectivity index (χ1v) is 5.52. The lowest BCUT2D eigenvalue weighted by atomic mass is 10.0. The van der Waals surface area contributed by atoms with Gasteiger partial charge in [0.15, 0.2) is 0 Å². The first-order valence-electron chi connectivity index (χ1n) is 5.52. The van der Waals surface area contributed by atoms with Crippen LogP contribution in [-0.2, 0) is 4.74 Å². The van der Waals surface area contributed by atoms with E-state index in [1.54, 1.807) is 0 Å². The van der Waals surface area contributed by atoms with Crippen LogP contribution in [0.3, 0.4) is 0 Å². The quantitative estimate of drug-likeness (QED) is 0.676. The van der Waals surface area contributed by atoms with Crippen molar-refractivity contribution in [1.82, 2.24) is 0 Å². The lowest BCUT2D eigenvalue weighted by Crippen LogP contribution is -2.24. The first kappa shape index (κ1) is 12.8. The Morgan fingerprint density at radius 3 is 1.88 bits per heavy atom. The lowest BCUT2D eigenvalue weighted by Gasteiger charge is -2.20. The van der Waals surface area contributed by atoms with E-state index in [9.17, 15) is 4.79 Å². The van der Waals surface area contributed by atoms with Crippen LogP contribution in [0.4, 0.5) is 0 Å². The van der Waals surface area contributed by atoms with Crippen LogP contribution in [0.25, 0.3) is 0 Å². The lowest BCUT2D eigenvalue weighted by molar-refractivity contribution is 0.00693. The molecule has 0 aromatic heterocycles. The van der Waals surface area contributed by atoms with Crippen molar-refractivity contribution in [3.8, 4) is 0 Å². The van der Waals surface area contributed by atoms with E-state index in [0.29, 0.717) is 5.56 Å². The Labute approximate surface area is 97.6 Å². The van der Waals surface area contributed by atoms with Gasteiger partial charge in [0.1, 0.15) is 5.60 Å². The Kier molecular flexibility index (Phi) is 3.41. The van der Waals surface area contributed by atoms with Gasteiger partial charge in [-0.05, 0) is 70.4 Å². The number of benzene rings is 1. The van der Waals surface area contributed by atoms with Crippen LogP contribution in [0.15, 0.2) is 12.1 Å². The maximum absolute atomic E-state index is 11.9. The molecule has 0 aliphatic heterocycles. The largest absolute Gasteiger partial charge is 0.456 e. The van der Waals surface area contributed by atoms with E-state index in [4.69, 9.17) is 4.74 Å². The highest BCUT2D eigenvalue weighted by atomic mass is 16.6. The van der Waals surface area contributed by atoms with Crippen molar-refractivity contribution < 1.29 is 9.53 Å². The van der Waals surface area contributed by atoms with Crippen LogP contribution >= 0.6 is 0 Å². The number of hydrogen-bond donors (Lipinski definition) is 0. The van der Waals surface area contributed by atoms with Crippen molar-refractivity contribution in [2.75, 3.05) is 0 Å². The fourth-order valence-corrected chi connectivity index (χ4v) is 1.49. The molecule has 0 atom stereocenters. The number of esters is 1. The van der Waals surface area contributed by atoms with Crippen molar-refractivity contribution in [3.05, 3.63) is 34.4 Å². The van der Waals surface area contributed by atoms with Gasteiger partial charge in [0.25, 0.3) is 0 Å². The molecule has 0 amide bonds. The Morgan fingerprint density at radius 2 is 1.50 bits per heavy atom. The molecule has 0 fully saturated rings. The number of rotatable bonds is 1. The number of aryl methyl sites for hydroxylation is 2. The van der Waals surface area contributed by atoms with Gasteiger partial charge >= 0.3 is 5.97 Å². The van der Waals surface area contributed by atoms with Gasteiger partial charge in [-0.15, -0.1) is 0 Å². The molecular weight excluding hydrogens is 200 g/mol. The van der Waals surface area contributed by atoms with Gasteiger partial charge in [-0.3, -0.25) is 0 Å². The SMILES string of the molecule is Cc1cc(C(=O)OC(C)(C)C)cc(C)c1C. The summed E-state index contributed by atoms with van der Waals surface area (Å²) in [4.78, 5) is 11.9. The van der Waals surface area contributed by atoms with Gasteiger partial charge in [-0.2, -0.15) is 0 Å². The minimum atomic E-state index is -0.441. The van der Waals surface area contributed by atoms with Crippen molar-refractivity contribution >= 4 is 5.97 Å². The molecule has 0 radical (unpaired) electrons. The third-order valence-corrected chi connectivity index (χ3v) is 2.56. The normalized spacial score (nSPS) is 11.4. The number of hydrogen-bond acceptors (Lipinski definition) is 2. The third-order valence-electron chi connectivity index (χ3n) is 2.56. The molecule has 1 aromatic rings. The zero-order valence-electron chi connectivity index (χ0n) is 11.0. The van der Waals surface area contributed by atoms with E-state index in [0.717, 1.165) is 11.1 Å². The van der Waals surface area contributed by atoms with E-state index in [2.05, 4.69) is 6.92 Å². The Morgan fingerprint density at radius 1 is 1.06 bits per heavy atom. The molecule has 2 nitrogen and oxygen atoms in total. The van der Waals surface area contributed by atoms with Gasteiger partial charge in [0.2, 0.25) is 0 Å². The van der Waals surface area contributed by atoms with Gasteiger partial charge in [0, 0.05) is 0 Å². The second kappa shape index (κ2) is 4.28. The van der Waals surface area contributed by atoms with E-state index >= 15 is 0 Å². The van der Waals surface area contributed by atoms with Crippen molar-refractivity contribution in [2.45, 2.75) is 47.1 Å². The standard InChI is InChI=1S/C14H20O2/c1-9-7-12(8-10(2)11(9)3)13(15)16-14(4,5)6/h7-8H,1-6H3. The summed E-state index contributed by atoms with van der Waals surface area (Å²) >= 11 is 0. The van der Waals surface area contributed by atoms with Gasteiger partial charge in [-0.25, -0.2) is 4.79 Å². The molecule has 0 aliphatic rings. The summed E-state index contributed by atoms with van der Waals surface area (Å²) in [6.07, 6.45) is 0. The molecule has 0 N–H and O–H groups in total. The summed E-state index contributed by atoms with van der Waals surface area (Å²) in [5, 5.41) is 0. The topological polar surface area (TPSA) is 26.3 Å². The van der Waals surface area contributed by atoms with Crippen LogP contribution in [-0.4, -0.2) is 11.6 Å². The highest BCUT2D eigenvalue weighted by molar-refractivity contribution is 5.90. The van der Waals surface area contributed by atoms with Crippen LogP contribution in [0.1, 0.15) is 47.8 Å². The van der Waals surface area contributed by atoms with E-state index in [1.165, 1.54) is 5.56 Å². The van der Waals surface area contributed by atoms with Gasteiger partial charge < -0.3 is 4.74 Å². The number of carbonyl (C=O) groups is 1. The monoisotopic (exact) mass is 220 g/mol. The van der Waals surface area contributed by atoms with E-state index in [-0.39, 0.29) is 5.97 Å². The predicted molar refractivity (Wildman–Crippen MR) is 65.8 cm³/mol. The molecule has 0 bridgehead atoms. The second-order valence-corrected chi connectivity index (χ2v) is 5.24. The highest BCUT2D eigenvalue weighted by Gasteiger charge is 2.18. The second-order valence-electron chi connectivity index (χ2n) is 5.24. The summed E-state index contributed by atoms with van der Waals surface area (Å²) in [5.74, 6) is -0.251. The minimum absolute atomic E-state index is 0.251. The molecule has 88 valence electrons. The number of ether oxygens (including phenoxy) is 1. The van der Waals surface area contributed by atoms with E-state index in [1.807, 2.05) is 46.8 Å². The predicted octanol–water partition coefficient (Wildman–Crippen LogP) is 3.57. The molecule has 1 rings (SSSR count). The van der Waals surface area contributed by atoms with E-state index < -0.39 is 5.60 Å². The fourth-order valence-electron chi connectivity index (χ4n) is 1.49. The third kappa shape index (κ3) is 3.09. The average molecular weight is 220 g/mol. The zero-order valence-corrected chi connectivity index (χ0v) is 11.0. The smallest absolute Gasteiger partial charge is 0.338 e. The van der Waals surface area contributed by atoms with Crippen molar-refractivity contribution in [2.24, 2.45) is 0 Å².